The fourth-order valence-electron chi connectivity index (χ4n) is 2.84. The number of aromatic nitrogens is 1. The second kappa shape index (κ2) is 8.44. The topological polar surface area (TPSA) is 92.4 Å². The number of thiazole rings is 1. The molecule has 8 heteroatoms. The van der Waals surface area contributed by atoms with Gasteiger partial charge >= 0.3 is 0 Å². The Morgan fingerprint density at radius 1 is 1.40 bits per heavy atom. The fraction of sp³-hybridized carbons (Fsp3) is 0.471. The number of nitrogens with zero attached hydrogens (tertiary/aromatic N) is 2. The van der Waals surface area contributed by atoms with Crippen LogP contribution in [0.4, 0.5) is 5.13 Å². The normalized spacial score (nSPS) is 15.5. The zero-order chi connectivity index (χ0) is 17.6. The second-order valence-corrected chi connectivity index (χ2v) is 8.24. The first-order chi connectivity index (χ1) is 12.1. The maximum atomic E-state index is 11.0. The highest BCUT2D eigenvalue weighted by atomic mass is 32.1. The molecule has 0 bridgehead atoms. The van der Waals surface area contributed by atoms with Gasteiger partial charge in [0.15, 0.2) is 11.1 Å². The molecule has 2 heterocycles. The van der Waals surface area contributed by atoms with Crippen LogP contribution in [0.5, 0.6) is 0 Å². The number of thiophene rings is 1. The summed E-state index contributed by atoms with van der Waals surface area (Å²) >= 11 is 3.14. The molecule has 134 valence electrons. The molecule has 0 unspecified atom stereocenters. The minimum absolute atomic E-state index is 0.0255. The number of rotatable bonds is 6. The number of anilines is 1. The lowest BCUT2D eigenvalue weighted by Crippen LogP contribution is -2.23. The second-order valence-electron chi connectivity index (χ2n) is 6.22. The van der Waals surface area contributed by atoms with E-state index in [1.54, 1.807) is 11.3 Å². The van der Waals surface area contributed by atoms with Crippen LogP contribution in [-0.4, -0.2) is 23.4 Å². The smallest absolute Gasteiger partial charge is 0.217 e. The van der Waals surface area contributed by atoms with Gasteiger partial charge in [-0.15, -0.1) is 22.7 Å². The maximum Gasteiger partial charge on any atom is 0.217 e. The first-order valence-corrected chi connectivity index (χ1v) is 10.2. The van der Waals surface area contributed by atoms with E-state index in [2.05, 4.69) is 20.6 Å². The molecule has 1 aliphatic carbocycles. The molecule has 2 aromatic heterocycles. The van der Waals surface area contributed by atoms with E-state index in [-0.39, 0.29) is 5.91 Å². The summed E-state index contributed by atoms with van der Waals surface area (Å²) in [4.78, 5) is 22.2. The predicted octanol–water partition coefficient (Wildman–Crippen LogP) is 3.42. The molecule has 2 aromatic rings. The Labute approximate surface area is 155 Å². The van der Waals surface area contributed by atoms with Gasteiger partial charge in [0, 0.05) is 23.7 Å². The number of hydrogen-bond donors (Lipinski definition) is 3. The molecule has 0 spiro atoms. The molecule has 0 saturated heterocycles. The Morgan fingerprint density at radius 3 is 2.96 bits per heavy atom. The summed E-state index contributed by atoms with van der Waals surface area (Å²) in [5, 5.41) is 8.64. The fourth-order valence-corrected chi connectivity index (χ4v) is 4.54. The van der Waals surface area contributed by atoms with Gasteiger partial charge in [-0.05, 0) is 30.9 Å². The van der Waals surface area contributed by atoms with Gasteiger partial charge in [-0.25, -0.2) is 4.98 Å². The lowest BCUT2D eigenvalue weighted by atomic mass is 10.1. The zero-order valence-electron chi connectivity index (χ0n) is 14.2. The molecule has 6 nitrogen and oxygen atoms in total. The molecule has 1 fully saturated rings. The van der Waals surface area contributed by atoms with Crippen LogP contribution in [0.15, 0.2) is 22.5 Å². The molecule has 0 aromatic carbocycles. The van der Waals surface area contributed by atoms with Crippen LogP contribution >= 0.6 is 22.7 Å². The van der Waals surface area contributed by atoms with Gasteiger partial charge in [0.05, 0.1) is 17.1 Å². The van der Waals surface area contributed by atoms with Crippen molar-refractivity contribution in [2.45, 2.75) is 39.2 Å². The Hall–Kier alpha value is -1.93. The molecule has 3 rings (SSSR count). The third kappa shape index (κ3) is 5.27. The number of hydrogen-bond acceptors (Lipinski definition) is 5. The molecule has 1 saturated carbocycles. The van der Waals surface area contributed by atoms with Crippen LogP contribution in [0.1, 0.15) is 37.5 Å². The van der Waals surface area contributed by atoms with Crippen molar-refractivity contribution in [2.75, 3.05) is 11.9 Å². The quantitative estimate of drug-likeness (QED) is 0.531. The van der Waals surface area contributed by atoms with Crippen molar-refractivity contribution in [3.63, 3.8) is 0 Å². The van der Waals surface area contributed by atoms with E-state index in [9.17, 15) is 4.79 Å². The van der Waals surface area contributed by atoms with Gasteiger partial charge < -0.3 is 16.4 Å². The van der Waals surface area contributed by atoms with E-state index in [1.807, 2.05) is 17.5 Å². The van der Waals surface area contributed by atoms with Crippen LogP contribution in [0, 0.1) is 5.92 Å². The van der Waals surface area contributed by atoms with E-state index in [4.69, 9.17) is 5.73 Å². The van der Waals surface area contributed by atoms with Crippen LogP contribution in [0.2, 0.25) is 0 Å². The summed E-state index contributed by atoms with van der Waals surface area (Å²) in [5.74, 6) is 1.09. The van der Waals surface area contributed by atoms with Gasteiger partial charge in [0.25, 0.3) is 0 Å². The van der Waals surface area contributed by atoms with Crippen molar-refractivity contribution in [3.05, 3.63) is 22.4 Å². The van der Waals surface area contributed by atoms with Gasteiger partial charge in [0.2, 0.25) is 5.91 Å². The number of nitrogens with one attached hydrogen (secondary N) is 2. The minimum atomic E-state index is -0.0255. The van der Waals surface area contributed by atoms with Crippen molar-refractivity contribution < 1.29 is 4.79 Å². The summed E-state index contributed by atoms with van der Waals surface area (Å²) in [6.07, 6.45) is 5.15. The standard InChI is InChI=1S/C17H23N5OS2/c1-11(23)19-9-13-6-7-15(25-13)14-10-24-17(21-14)22-16(18)20-8-12-4-2-3-5-12/h6-7,10,12H,2-5,8-9H2,1H3,(H,19,23)(H3,18,20,21,22). The van der Waals surface area contributed by atoms with Crippen LogP contribution < -0.4 is 16.4 Å². The van der Waals surface area contributed by atoms with Crippen LogP contribution in [-0.2, 0) is 11.3 Å². The third-order valence-electron chi connectivity index (χ3n) is 4.16. The highest BCUT2D eigenvalue weighted by Crippen LogP contribution is 2.30. The Morgan fingerprint density at radius 2 is 2.20 bits per heavy atom. The molecular formula is C17H23N5OS2. The predicted molar refractivity (Wildman–Crippen MR) is 105 cm³/mol. The Kier molecular flexibility index (Phi) is 6.04. The molecule has 0 aliphatic heterocycles. The van der Waals surface area contributed by atoms with Gasteiger partial charge in [-0.3, -0.25) is 9.79 Å². The highest BCUT2D eigenvalue weighted by molar-refractivity contribution is 7.17. The summed E-state index contributed by atoms with van der Waals surface area (Å²) < 4.78 is 0. The molecule has 25 heavy (non-hydrogen) atoms. The lowest BCUT2D eigenvalue weighted by molar-refractivity contribution is -0.119. The Bertz CT molecular complexity index is 746. The Balaban J connectivity index is 1.56. The molecule has 0 radical (unpaired) electrons. The SMILES string of the molecule is CC(=O)NCc1ccc(-c2csc(NC(N)=NCC3CCCC3)n2)s1. The number of aliphatic imine (C=N–C) groups is 1. The number of amides is 1. The monoisotopic (exact) mass is 377 g/mol. The van der Waals surface area contributed by atoms with E-state index in [0.29, 0.717) is 18.4 Å². The number of carbonyl (C=O) groups excluding carboxylic acids is 1. The molecule has 0 atom stereocenters. The molecule has 1 amide bonds. The molecule has 1 aliphatic rings. The number of nitrogens with two attached hydrogens (primary N) is 1. The van der Waals surface area contributed by atoms with Crippen molar-refractivity contribution in [3.8, 4) is 10.6 Å². The van der Waals surface area contributed by atoms with Crippen LogP contribution in [0.3, 0.4) is 0 Å². The molecule has 4 N–H and O–H groups in total. The highest BCUT2D eigenvalue weighted by Gasteiger charge is 2.14. The maximum absolute atomic E-state index is 11.0. The largest absolute Gasteiger partial charge is 0.370 e. The van der Waals surface area contributed by atoms with E-state index >= 15 is 0 Å². The van der Waals surface area contributed by atoms with Crippen molar-refractivity contribution in [1.82, 2.24) is 10.3 Å². The lowest BCUT2D eigenvalue weighted by Gasteiger charge is -2.06. The van der Waals surface area contributed by atoms with E-state index in [0.717, 1.165) is 27.1 Å². The van der Waals surface area contributed by atoms with Crippen LogP contribution in [0.25, 0.3) is 10.6 Å². The van der Waals surface area contributed by atoms with Crippen molar-refractivity contribution >= 4 is 39.7 Å². The van der Waals surface area contributed by atoms with Gasteiger partial charge in [-0.1, -0.05) is 12.8 Å². The average molecular weight is 378 g/mol. The summed E-state index contributed by atoms with van der Waals surface area (Å²) in [6, 6.07) is 4.04. The third-order valence-corrected chi connectivity index (χ3v) is 6.02. The van der Waals surface area contributed by atoms with E-state index in [1.165, 1.54) is 43.9 Å². The first-order valence-electron chi connectivity index (χ1n) is 8.46. The zero-order valence-corrected chi connectivity index (χ0v) is 15.9. The van der Waals surface area contributed by atoms with Crippen molar-refractivity contribution in [2.24, 2.45) is 16.6 Å². The summed E-state index contributed by atoms with van der Waals surface area (Å²) in [6.45, 7) is 2.87. The average Bonchev–Trinajstić information content (AvgIpc) is 3.32. The first kappa shape index (κ1) is 17.9. The molecular weight excluding hydrogens is 354 g/mol. The van der Waals surface area contributed by atoms with E-state index < -0.39 is 0 Å². The summed E-state index contributed by atoms with van der Waals surface area (Å²) in [5.41, 5.74) is 6.88. The van der Waals surface area contributed by atoms with Gasteiger partial charge in [-0.2, -0.15) is 0 Å². The number of guanidine groups is 1. The minimum Gasteiger partial charge on any atom is -0.370 e. The number of carbonyl (C=O) groups is 1. The summed E-state index contributed by atoms with van der Waals surface area (Å²) in [7, 11) is 0. The van der Waals surface area contributed by atoms with Gasteiger partial charge in [0.1, 0.15) is 0 Å². The van der Waals surface area contributed by atoms with Crippen molar-refractivity contribution in [1.29, 1.82) is 0 Å².